The zero-order chi connectivity index (χ0) is 11.4. The third-order valence-corrected chi connectivity index (χ3v) is 1.64. The molecule has 14 heavy (non-hydrogen) atoms. The van der Waals surface area contributed by atoms with E-state index in [4.69, 9.17) is 11.5 Å². The Balaban J connectivity index is 0. The molecule has 0 unspecified atom stereocenters. The van der Waals surface area contributed by atoms with Crippen molar-refractivity contribution < 1.29 is 0 Å². The summed E-state index contributed by atoms with van der Waals surface area (Å²) < 4.78 is 0. The molecule has 0 aliphatic heterocycles. The van der Waals surface area contributed by atoms with Gasteiger partial charge in [-0.15, -0.1) is 11.3 Å². The van der Waals surface area contributed by atoms with E-state index in [1.165, 1.54) is 11.3 Å². The maximum absolute atomic E-state index is 5.11. The second kappa shape index (κ2) is 11.9. The molecule has 1 rings (SSSR count). The molecular weight excluding hydrogens is 196 g/mol. The monoisotopic (exact) mass is 216 g/mol. The van der Waals surface area contributed by atoms with Gasteiger partial charge in [-0.25, -0.2) is 9.98 Å². The van der Waals surface area contributed by atoms with Crippen molar-refractivity contribution >= 4 is 17.3 Å². The summed E-state index contributed by atoms with van der Waals surface area (Å²) in [4.78, 5) is 7.78. The van der Waals surface area contributed by atoms with Gasteiger partial charge in [-0.2, -0.15) is 0 Å². The van der Waals surface area contributed by atoms with Crippen molar-refractivity contribution in [3.8, 4) is 0 Å². The molecule has 0 amide bonds. The van der Waals surface area contributed by atoms with E-state index in [-0.39, 0.29) is 5.96 Å². The summed E-state index contributed by atoms with van der Waals surface area (Å²) in [7, 11) is 0. The van der Waals surface area contributed by atoms with Crippen LogP contribution in [0.15, 0.2) is 16.6 Å². The molecule has 0 radical (unpaired) electrons. The van der Waals surface area contributed by atoms with Gasteiger partial charge in [0.1, 0.15) is 5.01 Å². The number of aliphatic imine (C=N–C) groups is 1. The fraction of sp³-hybridized carbons (Fsp3) is 0.556. The van der Waals surface area contributed by atoms with Gasteiger partial charge in [-0.05, 0) is 0 Å². The fourth-order valence-corrected chi connectivity index (χ4v) is 1.03. The number of rotatable bonds is 2. The molecule has 0 saturated carbocycles. The summed E-state index contributed by atoms with van der Waals surface area (Å²) in [5.41, 5.74) is 10.2. The van der Waals surface area contributed by atoms with Crippen molar-refractivity contribution in [1.29, 1.82) is 0 Å². The van der Waals surface area contributed by atoms with E-state index >= 15 is 0 Å². The van der Waals surface area contributed by atoms with Gasteiger partial charge in [-0.1, -0.05) is 27.7 Å². The summed E-state index contributed by atoms with van der Waals surface area (Å²) in [6.07, 6.45) is 1.72. The predicted molar refractivity (Wildman–Crippen MR) is 64.3 cm³/mol. The number of hydrogen-bond acceptors (Lipinski definition) is 3. The maximum Gasteiger partial charge on any atom is 0.186 e. The molecule has 0 bridgehead atoms. The summed E-state index contributed by atoms with van der Waals surface area (Å²) in [6.45, 7) is 8.49. The minimum absolute atomic E-state index is 0.107. The summed E-state index contributed by atoms with van der Waals surface area (Å²) in [5.74, 6) is 0.107. The SMILES string of the molecule is CC.CC.NC(N)=NCc1nccs1. The van der Waals surface area contributed by atoms with Crippen molar-refractivity contribution in [1.82, 2.24) is 4.98 Å². The Labute approximate surface area is 90.1 Å². The van der Waals surface area contributed by atoms with Crippen LogP contribution in [-0.4, -0.2) is 10.9 Å². The Morgan fingerprint density at radius 3 is 2.29 bits per heavy atom. The van der Waals surface area contributed by atoms with Crippen molar-refractivity contribution in [2.75, 3.05) is 0 Å². The highest BCUT2D eigenvalue weighted by Gasteiger charge is 1.90. The van der Waals surface area contributed by atoms with Crippen molar-refractivity contribution in [3.05, 3.63) is 16.6 Å². The molecule has 4 nitrogen and oxygen atoms in total. The molecule has 1 aromatic heterocycles. The Bertz CT molecular complexity index is 215. The summed E-state index contributed by atoms with van der Waals surface area (Å²) in [5, 5.41) is 2.81. The van der Waals surface area contributed by atoms with Gasteiger partial charge in [0.2, 0.25) is 0 Å². The van der Waals surface area contributed by atoms with E-state index in [1.54, 1.807) is 6.20 Å². The lowest BCUT2D eigenvalue weighted by atomic mass is 10.7. The number of aromatic nitrogens is 1. The van der Waals surface area contributed by atoms with E-state index < -0.39 is 0 Å². The minimum Gasteiger partial charge on any atom is -0.370 e. The quantitative estimate of drug-likeness (QED) is 0.586. The molecule has 0 spiro atoms. The first kappa shape index (κ1) is 15.4. The molecule has 5 heteroatoms. The Morgan fingerprint density at radius 1 is 1.36 bits per heavy atom. The molecule has 4 N–H and O–H groups in total. The zero-order valence-corrected chi connectivity index (χ0v) is 10.1. The van der Waals surface area contributed by atoms with Crippen molar-refractivity contribution in [2.45, 2.75) is 34.2 Å². The average Bonchev–Trinajstić information content (AvgIpc) is 2.73. The van der Waals surface area contributed by atoms with E-state index in [9.17, 15) is 0 Å². The molecular formula is C9H20N4S. The van der Waals surface area contributed by atoms with Crippen LogP contribution in [0.4, 0.5) is 0 Å². The van der Waals surface area contributed by atoms with Crippen LogP contribution < -0.4 is 11.5 Å². The Hall–Kier alpha value is -1.10. The first-order valence-corrected chi connectivity index (χ1v) is 5.61. The largest absolute Gasteiger partial charge is 0.370 e. The van der Waals surface area contributed by atoms with Crippen molar-refractivity contribution in [3.63, 3.8) is 0 Å². The van der Waals surface area contributed by atoms with Gasteiger partial charge >= 0.3 is 0 Å². The van der Waals surface area contributed by atoms with Crippen LogP contribution >= 0.6 is 11.3 Å². The van der Waals surface area contributed by atoms with Crippen LogP contribution in [-0.2, 0) is 6.54 Å². The second-order valence-corrected chi connectivity index (χ2v) is 2.65. The van der Waals surface area contributed by atoms with Crippen LogP contribution in [0.1, 0.15) is 32.7 Å². The van der Waals surface area contributed by atoms with Gasteiger partial charge in [0.05, 0.1) is 6.54 Å². The maximum atomic E-state index is 5.11. The van der Waals surface area contributed by atoms with Crippen LogP contribution in [0.3, 0.4) is 0 Å². The summed E-state index contributed by atoms with van der Waals surface area (Å²) >= 11 is 1.54. The lowest BCUT2D eigenvalue weighted by Gasteiger charge is -1.88. The van der Waals surface area contributed by atoms with Gasteiger partial charge in [0, 0.05) is 11.6 Å². The van der Waals surface area contributed by atoms with Gasteiger partial charge in [-0.3, -0.25) is 0 Å². The second-order valence-electron chi connectivity index (χ2n) is 1.67. The molecule has 1 heterocycles. The van der Waals surface area contributed by atoms with Crippen LogP contribution in [0.5, 0.6) is 0 Å². The van der Waals surface area contributed by atoms with Crippen LogP contribution in [0.2, 0.25) is 0 Å². The van der Waals surface area contributed by atoms with E-state index in [1.807, 2.05) is 33.1 Å². The van der Waals surface area contributed by atoms with E-state index in [0.29, 0.717) is 6.54 Å². The first-order chi connectivity index (χ1) is 6.79. The molecule has 0 fully saturated rings. The first-order valence-electron chi connectivity index (χ1n) is 4.73. The molecule has 0 aliphatic rings. The highest BCUT2D eigenvalue weighted by molar-refractivity contribution is 7.09. The zero-order valence-electron chi connectivity index (χ0n) is 9.32. The lowest BCUT2D eigenvalue weighted by molar-refractivity contribution is 1.03. The topological polar surface area (TPSA) is 77.3 Å². The van der Waals surface area contributed by atoms with Crippen molar-refractivity contribution in [2.24, 2.45) is 16.5 Å². The van der Waals surface area contributed by atoms with Crippen LogP contribution in [0.25, 0.3) is 0 Å². The number of guanidine groups is 1. The number of nitrogens with zero attached hydrogens (tertiary/aromatic N) is 2. The van der Waals surface area contributed by atoms with Gasteiger partial charge in [0.25, 0.3) is 0 Å². The standard InChI is InChI=1S/C5H8N4S.2C2H6/c6-5(7)9-3-4-8-1-2-10-4;2*1-2/h1-2H,3H2,(H4,6,7,9);2*1-2H3. The molecule has 0 aliphatic carbocycles. The third kappa shape index (κ3) is 8.99. The highest BCUT2D eigenvalue weighted by Crippen LogP contribution is 2.04. The summed E-state index contributed by atoms with van der Waals surface area (Å²) in [6, 6.07) is 0. The molecule has 0 aromatic carbocycles. The molecule has 0 saturated heterocycles. The Morgan fingerprint density at radius 2 is 1.93 bits per heavy atom. The lowest BCUT2D eigenvalue weighted by Crippen LogP contribution is -2.22. The van der Waals surface area contributed by atoms with E-state index in [2.05, 4.69) is 9.98 Å². The Kier molecular flexibility index (Phi) is 13.1. The minimum atomic E-state index is 0.107. The molecule has 1 aromatic rings. The average molecular weight is 216 g/mol. The molecule has 0 atom stereocenters. The number of nitrogens with two attached hydrogens (primary N) is 2. The van der Waals surface area contributed by atoms with Gasteiger partial charge in [0.15, 0.2) is 5.96 Å². The normalized spacial score (nSPS) is 7.43. The van der Waals surface area contributed by atoms with Crippen LogP contribution in [0, 0.1) is 0 Å². The predicted octanol–water partition coefficient (Wildman–Crippen LogP) is 1.97. The highest BCUT2D eigenvalue weighted by atomic mass is 32.1. The third-order valence-electron chi connectivity index (χ3n) is 0.880. The number of thiazole rings is 1. The van der Waals surface area contributed by atoms with Gasteiger partial charge < -0.3 is 11.5 Å². The smallest absolute Gasteiger partial charge is 0.186 e. The fourth-order valence-electron chi connectivity index (χ4n) is 0.490. The molecule has 82 valence electrons. The number of hydrogen-bond donors (Lipinski definition) is 2. The van der Waals surface area contributed by atoms with E-state index in [0.717, 1.165) is 5.01 Å².